The van der Waals surface area contributed by atoms with Gasteiger partial charge in [0.25, 0.3) is 0 Å². The molecule has 12 heavy (non-hydrogen) atoms. The Bertz CT molecular complexity index is 254. The van der Waals surface area contributed by atoms with Crippen molar-refractivity contribution in [2.45, 2.75) is 6.42 Å². The molecule has 0 unspecified atom stereocenters. The summed E-state index contributed by atoms with van der Waals surface area (Å²) in [4.78, 5) is 0. The highest BCUT2D eigenvalue weighted by Crippen LogP contribution is 1.85. The lowest BCUT2D eigenvalue weighted by atomic mass is 10.5. The Kier molecular flexibility index (Phi) is 3.45. The quantitative estimate of drug-likeness (QED) is 0.469. The van der Waals surface area contributed by atoms with Crippen molar-refractivity contribution in [1.29, 1.82) is 0 Å². The van der Waals surface area contributed by atoms with Crippen LogP contribution in [0.4, 0.5) is 0 Å². The van der Waals surface area contributed by atoms with Crippen LogP contribution < -0.4 is 0 Å². The van der Waals surface area contributed by atoms with Crippen molar-refractivity contribution in [3.05, 3.63) is 24.4 Å². The van der Waals surface area contributed by atoms with Gasteiger partial charge in [-0.3, -0.25) is 0 Å². The lowest BCUT2D eigenvalue weighted by Gasteiger charge is -1.76. The molecule has 0 atom stereocenters. The second-order valence-corrected chi connectivity index (χ2v) is 2.99. The molecule has 0 N–H and O–H groups in total. The Morgan fingerprint density at radius 2 is 2.00 bits per heavy atom. The molecule has 0 saturated carbocycles. The summed E-state index contributed by atoms with van der Waals surface area (Å²) in [6, 6.07) is 0. The molecule has 2 heterocycles. The average molecular weight is 164 g/mol. The summed E-state index contributed by atoms with van der Waals surface area (Å²) in [5, 5.41) is 0. The molecule has 0 aromatic carbocycles. The van der Waals surface area contributed by atoms with Crippen LogP contribution in [-0.2, 0) is 0 Å². The fourth-order valence-corrected chi connectivity index (χ4v) is 1.01. The summed E-state index contributed by atoms with van der Waals surface area (Å²) in [7, 11) is 4.09. The van der Waals surface area contributed by atoms with Crippen LogP contribution in [0, 0.1) is 0 Å². The van der Waals surface area contributed by atoms with Gasteiger partial charge in [0.2, 0.25) is 0 Å². The van der Waals surface area contributed by atoms with Crippen LogP contribution in [-0.4, -0.2) is 42.2 Å². The predicted octanol–water partition coefficient (Wildman–Crippen LogP) is 0.886. The molecule has 64 valence electrons. The first-order valence-corrected chi connectivity index (χ1v) is 4.21. The van der Waals surface area contributed by atoms with Crippen LogP contribution in [0.5, 0.6) is 0 Å². The zero-order valence-electron chi connectivity index (χ0n) is 7.77. The fourth-order valence-electron chi connectivity index (χ4n) is 1.01. The number of hydrogen-bond donors (Lipinski definition) is 0. The van der Waals surface area contributed by atoms with Gasteiger partial charge in [-0.15, -0.1) is 0 Å². The second kappa shape index (κ2) is 4.65. The zero-order valence-corrected chi connectivity index (χ0v) is 7.77. The largest absolute Gasteiger partial charge is 0.235 e. The molecular weight excluding hydrogens is 148 g/mol. The number of rotatable bonds is 0. The third kappa shape index (κ3) is 3.28. The van der Waals surface area contributed by atoms with Crippen LogP contribution in [0.2, 0.25) is 0 Å². The summed E-state index contributed by atoms with van der Waals surface area (Å²) < 4.78 is 4.18. The minimum Gasteiger partial charge on any atom is -0.235 e. The summed E-state index contributed by atoms with van der Waals surface area (Å²) in [5.74, 6) is 0. The minimum absolute atomic E-state index is 1.08. The van der Waals surface area contributed by atoms with E-state index in [-0.39, 0.29) is 0 Å². The average Bonchev–Trinajstić information content (AvgIpc) is 2.63. The van der Waals surface area contributed by atoms with Crippen molar-refractivity contribution < 1.29 is 9.15 Å². The topological polar surface area (TPSA) is 6.02 Å². The van der Waals surface area contributed by atoms with Crippen molar-refractivity contribution in [3.63, 3.8) is 0 Å². The molecule has 0 saturated heterocycles. The molecule has 0 aromatic rings. The maximum atomic E-state index is 2.12. The highest BCUT2D eigenvalue weighted by atomic mass is 15.0. The summed E-state index contributed by atoms with van der Waals surface area (Å²) in [5.41, 5.74) is 0. The van der Waals surface area contributed by atoms with Gasteiger partial charge in [-0.05, 0) is 12.2 Å². The summed E-state index contributed by atoms with van der Waals surface area (Å²) >= 11 is 0. The van der Waals surface area contributed by atoms with Gasteiger partial charge in [0, 0.05) is 12.5 Å². The monoisotopic (exact) mass is 164 g/mol. The second-order valence-electron chi connectivity index (χ2n) is 2.99. The molecule has 0 radical (unpaired) electrons. The number of likely N-dealkylation sites (N-methyl/N-ethyl adjacent to an activating group) is 1. The molecule has 2 rings (SSSR count). The number of nitrogens with zero attached hydrogens (tertiary/aromatic N) is 2. The third-order valence-electron chi connectivity index (χ3n) is 1.74. The molecule has 0 amide bonds. The molecule has 0 spiro atoms. The van der Waals surface area contributed by atoms with Crippen LogP contribution in [0.1, 0.15) is 6.42 Å². The Hall–Kier alpha value is -1.18. The first kappa shape index (κ1) is 8.91. The maximum absolute atomic E-state index is 2.12. The van der Waals surface area contributed by atoms with Gasteiger partial charge in [0.05, 0.1) is 0 Å². The van der Waals surface area contributed by atoms with Crippen molar-refractivity contribution in [1.82, 2.24) is 0 Å². The van der Waals surface area contributed by atoms with Crippen LogP contribution in [0.15, 0.2) is 24.4 Å². The molecule has 2 aliphatic heterocycles. The zero-order chi connectivity index (χ0) is 8.81. The molecule has 0 aromatic heterocycles. The van der Waals surface area contributed by atoms with Gasteiger partial charge in [0.1, 0.15) is 20.3 Å². The van der Waals surface area contributed by atoms with E-state index >= 15 is 0 Å². The standard InChI is InChI=1S/2C5H8N/c2*1-6-4-2-3-5-6/h2,4-5H,3H2,1H3;2-4H,5H2,1H3/q2*+1. The highest BCUT2D eigenvalue weighted by molar-refractivity contribution is 5.67. The van der Waals surface area contributed by atoms with E-state index in [2.05, 4.69) is 53.1 Å². The SMILES string of the molecule is C[N+]1=CC=CC1.C[N+]1=CCC=C1. The van der Waals surface area contributed by atoms with Crippen molar-refractivity contribution in [2.24, 2.45) is 0 Å². The molecular formula is C10H16N2+2. The van der Waals surface area contributed by atoms with Crippen molar-refractivity contribution in [3.8, 4) is 0 Å². The van der Waals surface area contributed by atoms with E-state index in [1.54, 1.807) is 0 Å². The van der Waals surface area contributed by atoms with Crippen molar-refractivity contribution in [2.75, 3.05) is 20.6 Å². The molecule has 2 aliphatic rings. The lowest BCUT2D eigenvalue weighted by Crippen LogP contribution is -1.98. The summed E-state index contributed by atoms with van der Waals surface area (Å²) in [6.07, 6.45) is 13.6. The van der Waals surface area contributed by atoms with Crippen LogP contribution in [0.3, 0.4) is 0 Å². The maximum Gasteiger partial charge on any atom is 0.164 e. The lowest BCUT2D eigenvalue weighted by molar-refractivity contribution is -0.477. The van der Waals surface area contributed by atoms with Gasteiger partial charge in [0.15, 0.2) is 19.0 Å². The number of hydrogen-bond acceptors (Lipinski definition) is 0. The van der Waals surface area contributed by atoms with Gasteiger partial charge < -0.3 is 0 Å². The van der Waals surface area contributed by atoms with E-state index < -0.39 is 0 Å². The van der Waals surface area contributed by atoms with Crippen LogP contribution >= 0.6 is 0 Å². The molecule has 0 bridgehead atoms. The van der Waals surface area contributed by atoms with E-state index in [0.717, 1.165) is 13.0 Å². The van der Waals surface area contributed by atoms with Gasteiger partial charge in [-0.1, -0.05) is 0 Å². The third-order valence-corrected chi connectivity index (χ3v) is 1.74. The van der Waals surface area contributed by atoms with Crippen molar-refractivity contribution >= 4 is 12.4 Å². The molecule has 2 nitrogen and oxygen atoms in total. The fraction of sp³-hybridized carbons (Fsp3) is 0.400. The molecule has 2 heteroatoms. The number of allylic oxidation sites excluding steroid dienone is 2. The van der Waals surface area contributed by atoms with Gasteiger partial charge in [-0.2, -0.15) is 0 Å². The van der Waals surface area contributed by atoms with Crippen LogP contribution in [0.25, 0.3) is 0 Å². The summed E-state index contributed by atoms with van der Waals surface area (Å²) in [6.45, 7) is 1.08. The first-order chi connectivity index (χ1) is 5.79. The smallest absolute Gasteiger partial charge is 0.164 e. The normalized spacial score (nSPS) is 18.5. The van der Waals surface area contributed by atoms with E-state index in [1.165, 1.54) is 0 Å². The predicted molar refractivity (Wildman–Crippen MR) is 52.3 cm³/mol. The minimum atomic E-state index is 1.08. The highest BCUT2D eigenvalue weighted by Gasteiger charge is 1.92. The Morgan fingerprint density at radius 1 is 1.17 bits per heavy atom. The van der Waals surface area contributed by atoms with Gasteiger partial charge >= 0.3 is 0 Å². The molecule has 0 fully saturated rings. The van der Waals surface area contributed by atoms with E-state index in [4.69, 9.17) is 0 Å². The van der Waals surface area contributed by atoms with E-state index in [0.29, 0.717) is 0 Å². The Balaban J connectivity index is 0.000000120. The Labute approximate surface area is 73.8 Å². The Morgan fingerprint density at radius 3 is 2.17 bits per heavy atom. The first-order valence-electron chi connectivity index (χ1n) is 4.21. The van der Waals surface area contributed by atoms with E-state index in [1.807, 2.05) is 7.05 Å². The molecule has 0 aliphatic carbocycles. The van der Waals surface area contributed by atoms with Gasteiger partial charge in [-0.25, -0.2) is 9.15 Å². The van der Waals surface area contributed by atoms with E-state index in [9.17, 15) is 0 Å².